The molecule has 0 bridgehead atoms. The zero-order chi connectivity index (χ0) is 24.8. The van der Waals surface area contributed by atoms with E-state index in [2.05, 4.69) is 5.32 Å². The maximum Gasteiger partial charge on any atom is 0.240 e. The van der Waals surface area contributed by atoms with Gasteiger partial charge in [-0.05, 0) is 35.4 Å². The number of rotatable bonds is 8. The van der Waals surface area contributed by atoms with Gasteiger partial charge in [0.1, 0.15) is 6.54 Å². The van der Waals surface area contributed by atoms with Gasteiger partial charge in [0.2, 0.25) is 17.6 Å². The molecular formula is C27H28N2O5S. The number of hydrogen-bond acceptors (Lipinski definition) is 6. The van der Waals surface area contributed by atoms with Crippen LogP contribution in [0.5, 0.6) is 17.2 Å². The first-order valence-electron chi connectivity index (χ1n) is 11.2. The van der Waals surface area contributed by atoms with E-state index < -0.39 is 0 Å². The molecule has 0 aromatic heterocycles. The molecule has 0 saturated heterocycles. The van der Waals surface area contributed by atoms with Gasteiger partial charge in [-0.3, -0.25) is 9.59 Å². The minimum absolute atomic E-state index is 0.0504. The van der Waals surface area contributed by atoms with Gasteiger partial charge in [0.25, 0.3) is 0 Å². The largest absolute Gasteiger partial charge is 0.493 e. The number of thioether (sulfide) groups is 1. The van der Waals surface area contributed by atoms with Gasteiger partial charge in [-0.25, -0.2) is 0 Å². The predicted octanol–water partition coefficient (Wildman–Crippen LogP) is 4.60. The monoisotopic (exact) mass is 492 g/mol. The van der Waals surface area contributed by atoms with Crippen molar-refractivity contribution in [2.24, 2.45) is 0 Å². The average molecular weight is 493 g/mol. The zero-order valence-corrected chi connectivity index (χ0v) is 20.8. The van der Waals surface area contributed by atoms with Crippen LogP contribution < -0.4 is 24.4 Å². The van der Waals surface area contributed by atoms with Crippen molar-refractivity contribution in [3.8, 4) is 17.2 Å². The van der Waals surface area contributed by atoms with Gasteiger partial charge >= 0.3 is 0 Å². The second kappa shape index (κ2) is 11.2. The van der Waals surface area contributed by atoms with Crippen LogP contribution in [0.15, 0.2) is 71.6 Å². The fraction of sp³-hybridized carbons (Fsp3) is 0.259. The van der Waals surface area contributed by atoms with Crippen LogP contribution in [0, 0.1) is 0 Å². The molecule has 8 heteroatoms. The molecule has 0 radical (unpaired) electrons. The lowest BCUT2D eigenvalue weighted by Crippen LogP contribution is -2.40. The van der Waals surface area contributed by atoms with Crippen LogP contribution >= 0.6 is 11.8 Å². The van der Waals surface area contributed by atoms with E-state index in [0.717, 1.165) is 21.7 Å². The molecule has 182 valence electrons. The van der Waals surface area contributed by atoms with Crippen LogP contribution in [0.1, 0.15) is 22.8 Å². The Kier molecular flexibility index (Phi) is 7.82. The molecule has 0 spiro atoms. The van der Waals surface area contributed by atoms with Crippen LogP contribution in [0.3, 0.4) is 0 Å². The van der Waals surface area contributed by atoms with Gasteiger partial charge in [0.15, 0.2) is 11.5 Å². The number of amides is 2. The van der Waals surface area contributed by atoms with Crippen LogP contribution in [0.25, 0.3) is 0 Å². The van der Waals surface area contributed by atoms with Crippen molar-refractivity contribution >= 4 is 29.3 Å². The minimum atomic E-state index is -0.215. The summed E-state index contributed by atoms with van der Waals surface area (Å²) in [5.41, 5.74) is 2.61. The highest BCUT2D eigenvalue weighted by molar-refractivity contribution is 7.99. The fourth-order valence-corrected chi connectivity index (χ4v) is 5.28. The average Bonchev–Trinajstić information content (AvgIpc) is 3.03. The quantitative estimate of drug-likeness (QED) is 0.495. The molecule has 7 nitrogen and oxygen atoms in total. The van der Waals surface area contributed by atoms with Gasteiger partial charge in [0.05, 0.1) is 27.0 Å². The van der Waals surface area contributed by atoms with E-state index in [1.165, 1.54) is 0 Å². The first-order chi connectivity index (χ1) is 17.0. The van der Waals surface area contributed by atoms with E-state index in [4.69, 9.17) is 14.2 Å². The van der Waals surface area contributed by atoms with Crippen molar-refractivity contribution in [1.29, 1.82) is 0 Å². The molecule has 2 amide bonds. The number of benzene rings is 3. The van der Waals surface area contributed by atoms with E-state index in [1.807, 2.05) is 66.7 Å². The van der Waals surface area contributed by atoms with Crippen molar-refractivity contribution in [1.82, 2.24) is 5.32 Å². The Bertz CT molecular complexity index is 1180. The van der Waals surface area contributed by atoms with Gasteiger partial charge < -0.3 is 24.4 Å². The Morgan fingerprint density at radius 3 is 2.29 bits per heavy atom. The molecule has 4 rings (SSSR count). The fourth-order valence-electron chi connectivity index (χ4n) is 4.02. The highest BCUT2D eigenvalue weighted by Crippen LogP contribution is 2.48. The van der Waals surface area contributed by atoms with Crippen LogP contribution in [-0.2, 0) is 16.1 Å². The molecule has 0 fully saturated rings. The molecule has 1 aliphatic heterocycles. The molecule has 3 aromatic carbocycles. The van der Waals surface area contributed by atoms with Crippen LogP contribution in [-0.4, -0.2) is 39.7 Å². The summed E-state index contributed by atoms with van der Waals surface area (Å²) in [7, 11) is 4.69. The van der Waals surface area contributed by atoms with Gasteiger partial charge in [-0.15, -0.1) is 11.8 Å². The number of para-hydroxylation sites is 1. The SMILES string of the molecule is COc1cc([C@H]2CC(=O)N(CC(=O)NCc3ccccc3)c3ccccc3S2)cc(OC)c1OC. The molecule has 0 saturated carbocycles. The smallest absolute Gasteiger partial charge is 0.240 e. The lowest BCUT2D eigenvalue weighted by Gasteiger charge is -2.22. The number of carbonyl (C=O) groups excluding carboxylic acids is 2. The number of methoxy groups -OCH3 is 3. The highest BCUT2D eigenvalue weighted by atomic mass is 32.2. The lowest BCUT2D eigenvalue weighted by molar-refractivity contribution is -0.124. The minimum Gasteiger partial charge on any atom is -0.493 e. The summed E-state index contributed by atoms with van der Waals surface area (Å²) in [6, 6.07) is 21.1. The Morgan fingerprint density at radius 2 is 1.63 bits per heavy atom. The van der Waals surface area contributed by atoms with Crippen molar-refractivity contribution in [2.45, 2.75) is 23.1 Å². The Labute approximate surface area is 209 Å². The Balaban J connectivity index is 1.59. The normalized spacial score (nSPS) is 15.1. The van der Waals surface area contributed by atoms with Crippen molar-refractivity contribution in [3.63, 3.8) is 0 Å². The van der Waals surface area contributed by atoms with E-state index in [1.54, 1.807) is 38.0 Å². The van der Waals surface area contributed by atoms with E-state index >= 15 is 0 Å². The molecule has 1 aliphatic rings. The van der Waals surface area contributed by atoms with Gasteiger partial charge in [0, 0.05) is 23.1 Å². The third-order valence-electron chi connectivity index (χ3n) is 5.78. The molecule has 3 aromatic rings. The molecule has 0 aliphatic carbocycles. The molecule has 1 atom stereocenters. The zero-order valence-electron chi connectivity index (χ0n) is 19.9. The number of fused-ring (bicyclic) bond motifs is 1. The summed E-state index contributed by atoms with van der Waals surface area (Å²) in [4.78, 5) is 28.7. The lowest BCUT2D eigenvalue weighted by atomic mass is 10.1. The molecule has 0 unspecified atom stereocenters. The van der Waals surface area contributed by atoms with Crippen molar-refractivity contribution in [3.05, 3.63) is 77.9 Å². The maximum atomic E-state index is 13.4. The molecule has 35 heavy (non-hydrogen) atoms. The molecular weight excluding hydrogens is 464 g/mol. The number of carbonyl (C=O) groups is 2. The van der Waals surface area contributed by atoms with Crippen LogP contribution in [0.4, 0.5) is 5.69 Å². The summed E-state index contributed by atoms with van der Waals surface area (Å²) in [6.45, 7) is 0.359. The van der Waals surface area contributed by atoms with Gasteiger partial charge in [-0.1, -0.05) is 42.5 Å². The first-order valence-corrected chi connectivity index (χ1v) is 12.1. The number of nitrogens with zero attached hydrogens (tertiary/aromatic N) is 1. The first kappa shape index (κ1) is 24.5. The summed E-state index contributed by atoms with van der Waals surface area (Å²) in [5.74, 6) is 1.22. The second-order valence-electron chi connectivity index (χ2n) is 7.98. The number of nitrogens with one attached hydrogen (secondary N) is 1. The summed E-state index contributed by atoms with van der Waals surface area (Å²) >= 11 is 1.58. The van der Waals surface area contributed by atoms with Crippen LogP contribution in [0.2, 0.25) is 0 Å². The van der Waals surface area contributed by atoms with Crippen molar-refractivity contribution in [2.75, 3.05) is 32.8 Å². The summed E-state index contributed by atoms with van der Waals surface area (Å²) in [5, 5.41) is 2.72. The third kappa shape index (κ3) is 5.54. The number of hydrogen-bond donors (Lipinski definition) is 1. The predicted molar refractivity (Wildman–Crippen MR) is 136 cm³/mol. The topological polar surface area (TPSA) is 77.1 Å². The van der Waals surface area contributed by atoms with Crippen molar-refractivity contribution < 1.29 is 23.8 Å². The third-order valence-corrected chi connectivity index (χ3v) is 7.10. The Morgan fingerprint density at radius 1 is 0.971 bits per heavy atom. The van der Waals surface area contributed by atoms with E-state index in [0.29, 0.717) is 23.8 Å². The Hall–Kier alpha value is -3.65. The summed E-state index contributed by atoms with van der Waals surface area (Å²) in [6.07, 6.45) is 0.212. The number of anilines is 1. The molecule has 1 heterocycles. The second-order valence-corrected chi connectivity index (χ2v) is 9.22. The van der Waals surface area contributed by atoms with Gasteiger partial charge in [-0.2, -0.15) is 0 Å². The van der Waals surface area contributed by atoms with E-state index in [9.17, 15) is 9.59 Å². The van der Waals surface area contributed by atoms with E-state index in [-0.39, 0.29) is 30.0 Å². The number of ether oxygens (including phenoxy) is 3. The standard InChI is InChI=1S/C27H28N2O5S/c1-32-21-13-19(14-22(33-2)27(21)34-3)24-15-26(31)29(20-11-7-8-12-23(20)35-24)17-25(30)28-16-18-9-5-4-6-10-18/h4-14,24H,15-17H2,1-3H3,(H,28,30)/t24-/m1/s1. The summed E-state index contributed by atoms with van der Waals surface area (Å²) < 4.78 is 16.5. The highest BCUT2D eigenvalue weighted by Gasteiger charge is 2.31. The maximum absolute atomic E-state index is 13.4. The molecule has 1 N–H and O–H groups in total.